The van der Waals surface area contributed by atoms with Crippen LogP contribution in [0.4, 0.5) is 5.69 Å². The van der Waals surface area contributed by atoms with E-state index in [1.54, 1.807) is 24.3 Å². The Bertz CT molecular complexity index is 1020. The maximum Gasteiger partial charge on any atom is 0.338 e. The van der Waals surface area contributed by atoms with Crippen LogP contribution in [0.15, 0.2) is 59.6 Å². The van der Waals surface area contributed by atoms with Gasteiger partial charge in [-0.3, -0.25) is 14.4 Å². The van der Waals surface area contributed by atoms with Gasteiger partial charge in [0.1, 0.15) is 12.1 Å². The number of carbonyl (C=O) groups excluding carboxylic acids is 4. The predicted molar refractivity (Wildman–Crippen MR) is 121 cm³/mol. The van der Waals surface area contributed by atoms with Crippen LogP contribution in [0.25, 0.3) is 0 Å². The van der Waals surface area contributed by atoms with E-state index in [9.17, 15) is 19.2 Å². The van der Waals surface area contributed by atoms with E-state index in [2.05, 4.69) is 15.6 Å². The molecule has 33 heavy (non-hydrogen) atoms. The van der Waals surface area contributed by atoms with Crippen molar-refractivity contribution in [2.45, 2.75) is 25.4 Å². The van der Waals surface area contributed by atoms with Crippen LogP contribution in [0.5, 0.6) is 0 Å². The van der Waals surface area contributed by atoms with Crippen molar-refractivity contribution in [1.82, 2.24) is 10.6 Å². The molecule has 11 nitrogen and oxygen atoms in total. The Hall–Kier alpha value is -4.41. The van der Waals surface area contributed by atoms with Gasteiger partial charge in [-0.2, -0.15) is 0 Å². The molecule has 0 aliphatic carbocycles. The summed E-state index contributed by atoms with van der Waals surface area (Å²) in [5.41, 5.74) is 17.4. The summed E-state index contributed by atoms with van der Waals surface area (Å²) in [5.74, 6) is -2.87. The molecule has 0 aliphatic heterocycles. The number of ether oxygens (including phenoxy) is 1. The smallest absolute Gasteiger partial charge is 0.338 e. The zero-order valence-electron chi connectivity index (χ0n) is 18.0. The molecular weight excluding hydrogens is 428 g/mol. The fraction of sp³-hybridized carbons (Fsp3) is 0.227. The van der Waals surface area contributed by atoms with Gasteiger partial charge in [0.2, 0.25) is 11.8 Å². The van der Waals surface area contributed by atoms with Gasteiger partial charge >= 0.3 is 5.97 Å². The zero-order valence-corrected chi connectivity index (χ0v) is 18.0. The topological polar surface area (TPSA) is 192 Å². The Labute approximate surface area is 190 Å². The quantitative estimate of drug-likeness (QED) is 0.181. The summed E-state index contributed by atoms with van der Waals surface area (Å²) in [7, 11) is 0. The van der Waals surface area contributed by atoms with Crippen LogP contribution in [-0.2, 0) is 25.5 Å². The van der Waals surface area contributed by atoms with Crippen LogP contribution < -0.4 is 27.8 Å². The molecule has 0 aliphatic rings. The second-order valence-corrected chi connectivity index (χ2v) is 7.10. The number of aliphatic imine (C=N–C) groups is 1. The first-order valence-electron chi connectivity index (χ1n) is 9.95. The molecule has 0 aromatic heterocycles. The molecule has 2 atom stereocenters. The monoisotopic (exact) mass is 454 g/mol. The van der Waals surface area contributed by atoms with E-state index in [0.29, 0.717) is 5.69 Å². The molecule has 0 saturated heterocycles. The van der Waals surface area contributed by atoms with Crippen LogP contribution in [0.3, 0.4) is 0 Å². The molecule has 174 valence electrons. The minimum absolute atomic E-state index is 0.123. The van der Waals surface area contributed by atoms with Crippen molar-refractivity contribution < 1.29 is 23.9 Å². The van der Waals surface area contributed by atoms with Gasteiger partial charge in [0.25, 0.3) is 5.91 Å². The molecular formula is C22H26N6O5. The molecule has 0 fully saturated rings. The lowest BCUT2D eigenvalue weighted by Gasteiger charge is -2.19. The van der Waals surface area contributed by atoms with Crippen molar-refractivity contribution >= 4 is 35.3 Å². The minimum Gasteiger partial charge on any atom is -0.452 e. The van der Waals surface area contributed by atoms with Crippen molar-refractivity contribution in [2.75, 3.05) is 6.61 Å². The molecule has 8 N–H and O–H groups in total. The fourth-order valence-corrected chi connectivity index (χ4v) is 2.75. The highest BCUT2D eigenvalue weighted by atomic mass is 16.5. The van der Waals surface area contributed by atoms with Gasteiger partial charge in [-0.1, -0.05) is 30.3 Å². The van der Waals surface area contributed by atoms with Crippen molar-refractivity contribution in [3.63, 3.8) is 0 Å². The minimum atomic E-state index is -0.993. The number of esters is 1. The molecule has 0 radical (unpaired) electrons. The Morgan fingerprint density at radius 1 is 0.939 bits per heavy atom. The molecule has 11 heteroatoms. The maximum absolute atomic E-state index is 12.4. The summed E-state index contributed by atoms with van der Waals surface area (Å²) in [6.45, 7) is 0.827. The molecule has 2 aromatic rings. The summed E-state index contributed by atoms with van der Waals surface area (Å²) in [6.07, 6.45) is 0.210. The number of hydrogen-bond donors (Lipinski definition) is 5. The number of benzene rings is 2. The van der Waals surface area contributed by atoms with Crippen LogP contribution >= 0.6 is 0 Å². The lowest BCUT2D eigenvalue weighted by Crippen LogP contribution is -2.53. The summed E-state index contributed by atoms with van der Waals surface area (Å²) < 4.78 is 4.95. The average Bonchev–Trinajstić information content (AvgIpc) is 2.77. The number of nitrogens with zero attached hydrogens (tertiary/aromatic N) is 1. The first-order chi connectivity index (χ1) is 15.7. The fourth-order valence-electron chi connectivity index (χ4n) is 2.75. The summed E-state index contributed by atoms with van der Waals surface area (Å²) in [5, 5.41) is 4.91. The molecule has 0 unspecified atom stereocenters. The largest absolute Gasteiger partial charge is 0.452 e. The van der Waals surface area contributed by atoms with Gasteiger partial charge in [-0.15, -0.1) is 0 Å². The number of hydrogen-bond acceptors (Lipinski definition) is 6. The Kier molecular flexibility index (Phi) is 8.92. The van der Waals surface area contributed by atoms with Crippen LogP contribution in [-0.4, -0.2) is 48.3 Å². The molecule has 0 spiro atoms. The third kappa shape index (κ3) is 8.32. The van der Waals surface area contributed by atoms with Gasteiger partial charge in [-0.05, 0) is 36.8 Å². The number of rotatable bonds is 10. The van der Waals surface area contributed by atoms with E-state index in [1.807, 2.05) is 6.07 Å². The van der Waals surface area contributed by atoms with Crippen LogP contribution in [0, 0.1) is 0 Å². The highest BCUT2D eigenvalue weighted by Gasteiger charge is 2.23. The van der Waals surface area contributed by atoms with Gasteiger partial charge < -0.3 is 32.6 Å². The standard InChI is InChI=1S/C22H26N6O5/c1-13(20(31)28-17(19(23)30)11-14-5-3-2-4-6-14)26-18(29)12-33-21(32)15-7-9-16(10-8-15)27-22(24)25/h2-10,13,17H,11-12H2,1H3,(H2,23,30)(H,26,29)(H,28,31)(H4,24,25,27)/t13-,17-/m0/s1. The number of nitrogens with two attached hydrogens (primary N) is 3. The normalized spacial score (nSPS) is 12.0. The molecule has 2 rings (SSSR count). The lowest BCUT2D eigenvalue weighted by molar-refractivity contribution is -0.131. The Morgan fingerprint density at radius 3 is 2.15 bits per heavy atom. The zero-order chi connectivity index (χ0) is 24.4. The number of nitrogens with one attached hydrogen (secondary N) is 2. The Balaban J connectivity index is 1.83. The van der Waals surface area contributed by atoms with Gasteiger partial charge in [0, 0.05) is 6.42 Å². The summed E-state index contributed by atoms with van der Waals surface area (Å²) in [4.78, 5) is 52.1. The third-order valence-electron chi connectivity index (χ3n) is 4.41. The summed E-state index contributed by atoms with van der Waals surface area (Å²) in [6, 6.07) is 13.0. The first kappa shape index (κ1) is 24.9. The average molecular weight is 454 g/mol. The van der Waals surface area contributed by atoms with E-state index in [-0.39, 0.29) is 17.9 Å². The van der Waals surface area contributed by atoms with Crippen molar-refractivity contribution in [3.05, 3.63) is 65.7 Å². The van der Waals surface area contributed by atoms with E-state index < -0.39 is 42.4 Å². The predicted octanol–water partition coefficient (Wildman–Crippen LogP) is -0.534. The van der Waals surface area contributed by atoms with E-state index in [0.717, 1.165) is 5.56 Å². The van der Waals surface area contributed by atoms with Gasteiger partial charge in [0.05, 0.1) is 11.3 Å². The molecule has 0 bridgehead atoms. The summed E-state index contributed by atoms with van der Waals surface area (Å²) >= 11 is 0. The SMILES string of the molecule is C[C@H](NC(=O)COC(=O)c1ccc(N=C(N)N)cc1)C(=O)N[C@@H](Cc1ccccc1)C(N)=O. The second kappa shape index (κ2) is 11.8. The lowest BCUT2D eigenvalue weighted by atomic mass is 10.1. The Morgan fingerprint density at radius 2 is 1.58 bits per heavy atom. The van der Waals surface area contributed by atoms with Crippen LogP contribution in [0.2, 0.25) is 0 Å². The van der Waals surface area contributed by atoms with Crippen molar-refractivity contribution in [3.8, 4) is 0 Å². The number of amides is 3. The maximum atomic E-state index is 12.4. The molecule has 0 heterocycles. The highest BCUT2D eigenvalue weighted by Crippen LogP contribution is 2.13. The second-order valence-electron chi connectivity index (χ2n) is 7.10. The van der Waals surface area contributed by atoms with Gasteiger partial charge in [-0.25, -0.2) is 9.79 Å². The van der Waals surface area contributed by atoms with Crippen LogP contribution in [0.1, 0.15) is 22.8 Å². The number of primary amides is 1. The highest BCUT2D eigenvalue weighted by molar-refractivity contribution is 5.94. The third-order valence-corrected chi connectivity index (χ3v) is 4.41. The van der Waals surface area contributed by atoms with Crippen molar-refractivity contribution in [2.24, 2.45) is 22.2 Å². The van der Waals surface area contributed by atoms with Gasteiger partial charge in [0.15, 0.2) is 12.6 Å². The van der Waals surface area contributed by atoms with E-state index in [1.165, 1.54) is 31.2 Å². The molecule has 2 aromatic carbocycles. The molecule has 0 saturated carbocycles. The van der Waals surface area contributed by atoms with Crippen molar-refractivity contribution in [1.29, 1.82) is 0 Å². The number of carbonyl (C=O) groups is 4. The van der Waals surface area contributed by atoms with E-state index in [4.69, 9.17) is 21.9 Å². The van der Waals surface area contributed by atoms with E-state index >= 15 is 0 Å². The first-order valence-corrected chi connectivity index (χ1v) is 9.95. The molecule has 3 amide bonds. The number of guanidine groups is 1.